The van der Waals surface area contributed by atoms with E-state index in [1.165, 1.54) is 5.56 Å². The first-order chi connectivity index (χ1) is 14.6. The number of nitrogens with one attached hydrogen (secondary N) is 2. The highest BCUT2D eigenvalue weighted by Gasteiger charge is 2.26. The largest absolute Gasteiger partial charge is 0.442 e. The first-order valence-corrected chi connectivity index (χ1v) is 10.2. The fraction of sp³-hybridized carbons (Fsp3) is 0.364. The maximum atomic E-state index is 8.92. The van der Waals surface area contributed by atoms with Crippen LogP contribution >= 0.6 is 0 Å². The van der Waals surface area contributed by atoms with Gasteiger partial charge < -0.3 is 29.5 Å². The minimum atomic E-state index is 0.0195. The number of aromatic nitrogens is 2. The molecular weight excluding hydrogens is 382 g/mol. The van der Waals surface area contributed by atoms with Crippen molar-refractivity contribution < 1.29 is 13.9 Å². The topological polar surface area (TPSA) is 99.6 Å². The normalized spacial score (nSPS) is 16.3. The summed E-state index contributed by atoms with van der Waals surface area (Å²) in [5.41, 5.74) is 4.23. The second kappa shape index (κ2) is 7.62. The molecule has 1 aromatic carbocycles. The lowest BCUT2D eigenvalue weighted by molar-refractivity contribution is 0.260. The fourth-order valence-corrected chi connectivity index (χ4v) is 4.04. The molecule has 1 aliphatic carbocycles. The molecule has 8 nitrogen and oxygen atoms in total. The Balaban J connectivity index is 1.39. The monoisotopic (exact) mass is 407 g/mol. The van der Waals surface area contributed by atoms with Gasteiger partial charge in [-0.1, -0.05) is 0 Å². The summed E-state index contributed by atoms with van der Waals surface area (Å²) in [5, 5.41) is 16.3. The van der Waals surface area contributed by atoms with E-state index >= 15 is 0 Å². The van der Waals surface area contributed by atoms with Crippen LogP contribution in [0.25, 0.3) is 22.2 Å². The van der Waals surface area contributed by atoms with Gasteiger partial charge in [0.15, 0.2) is 5.58 Å². The lowest BCUT2D eigenvalue weighted by atomic mass is 9.91. The zero-order valence-electron chi connectivity index (χ0n) is 17.1. The van der Waals surface area contributed by atoms with Gasteiger partial charge in [0.25, 0.3) is 6.01 Å². The van der Waals surface area contributed by atoms with Gasteiger partial charge in [-0.3, -0.25) is 0 Å². The van der Waals surface area contributed by atoms with Gasteiger partial charge in [-0.15, -0.1) is 0 Å². The Morgan fingerprint density at radius 2 is 2.07 bits per heavy atom. The number of nitrogens with zero attached hydrogens (tertiary/aromatic N) is 3. The van der Waals surface area contributed by atoms with Gasteiger partial charge in [0, 0.05) is 41.7 Å². The number of rotatable bonds is 6. The van der Waals surface area contributed by atoms with Gasteiger partial charge in [0.1, 0.15) is 17.1 Å². The van der Waals surface area contributed by atoms with Gasteiger partial charge in [-0.05, 0) is 51.2 Å². The third-order valence-corrected chi connectivity index (χ3v) is 5.67. The van der Waals surface area contributed by atoms with Crippen LogP contribution in [-0.4, -0.2) is 53.3 Å². The number of hydrogen-bond acceptors (Lipinski definition) is 8. The molecule has 0 aliphatic heterocycles. The van der Waals surface area contributed by atoms with Crippen LogP contribution in [0.15, 0.2) is 39.2 Å². The minimum absolute atomic E-state index is 0.0195. The molecule has 0 bridgehead atoms. The number of aryl methyl sites for hydroxylation is 1. The highest BCUT2D eigenvalue weighted by Crippen LogP contribution is 2.33. The van der Waals surface area contributed by atoms with E-state index in [0.717, 1.165) is 47.4 Å². The van der Waals surface area contributed by atoms with Crippen LogP contribution < -0.4 is 10.6 Å². The van der Waals surface area contributed by atoms with Crippen molar-refractivity contribution >= 4 is 39.7 Å². The summed E-state index contributed by atoms with van der Waals surface area (Å²) in [6, 6.07) is 10.7. The summed E-state index contributed by atoms with van der Waals surface area (Å²) < 4.78 is 11.8. The first kappa shape index (κ1) is 18.9. The van der Waals surface area contributed by atoms with E-state index in [-0.39, 0.29) is 6.61 Å². The molecule has 3 aromatic heterocycles. The van der Waals surface area contributed by atoms with Crippen LogP contribution in [0.5, 0.6) is 0 Å². The molecule has 3 N–H and O–H groups in total. The van der Waals surface area contributed by atoms with E-state index in [0.29, 0.717) is 29.9 Å². The molecule has 156 valence electrons. The van der Waals surface area contributed by atoms with Gasteiger partial charge in [-0.25, -0.2) is 0 Å². The Hall–Kier alpha value is -3.10. The molecule has 8 heteroatoms. The standard InChI is InChI=1S/C22H25N5O3/c1-27(2)14-4-7-18-16(12-14)15-5-8-20(26-21(15)29-18)24-13-3-6-17-19(11-13)30-22(25-17)23-9-10-28/h3,5-6,8,11,14,28H,4,7,9-10,12H2,1-2H3,(H,23,25)(H,24,26). The Morgan fingerprint density at radius 3 is 2.90 bits per heavy atom. The molecule has 0 radical (unpaired) electrons. The Morgan fingerprint density at radius 1 is 1.17 bits per heavy atom. The number of furan rings is 1. The average Bonchev–Trinajstić information content (AvgIpc) is 3.31. The number of aliphatic hydroxyl groups is 1. The predicted octanol–water partition coefficient (Wildman–Crippen LogP) is 3.54. The summed E-state index contributed by atoms with van der Waals surface area (Å²) in [4.78, 5) is 11.3. The molecule has 1 unspecified atom stereocenters. The summed E-state index contributed by atoms with van der Waals surface area (Å²) in [6.07, 6.45) is 3.06. The molecule has 1 aliphatic rings. The molecule has 0 saturated carbocycles. The van der Waals surface area contributed by atoms with Gasteiger partial charge >= 0.3 is 0 Å². The number of anilines is 3. The molecule has 5 rings (SSSR count). The van der Waals surface area contributed by atoms with Crippen molar-refractivity contribution in [2.45, 2.75) is 25.3 Å². The Bertz CT molecular complexity index is 1200. The quantitative estimate of drug-likeness (QED) is 0.446. The highest BCUT2D eigenvalue weighted by molar-refractivity contribution is 5.83. The average molecular weight is 407 g/mol. The van der Waals surface area contributed by atoms with Crippen LogP contribution in [0.2, 0.25) is 0 Å². The van der Waals surface area contributed by atoms with Crippen LogP contribution in [-0.2, 0) is 12.8 Å². The molecule has 4 aromatic rings. The van der Waals surface area contributed by atoms with E-state index in [4.69, 9.17) is 18.9 Å². The van der Waals surface area contributed by atoms with Gasteiger partial charge in [0.2, 0.25) is 5.71 Å². The van der Waals surface area contributed by atoms with Crippen molar-refractivity contribution in [3.05, 3.63) is 41.7 Å². The van der Waals surface area contributed by atoms with Crippen LogP contribution in [0.3, 0.4) is 0 Å². The van der Waals surface area contributed by atoms with Gasteiger partial charge in [-0.2, -0.15) is 9.97 Å². The molecule has 30 heavy (non-hydrogen) atoms. The van der Waals surface area contributed by atoms with Crippen LogP contribution in [0.1, 0.15) is 17.7 Å². The molecule has 1 atom stereocenters. The van der Waals surface area contributed by atoms with Crippen molar-refractivity contribution in [1.82, 2.24) is 14.9 Å². The second-order valence-electron chi connectivity index (χ2n) is 7.89. The molecule has 0 fully saturated rings. The fourth-order valence-electron chi connectivity index (χ4n) is 4.04. The maximum Gasteiger partial charge on any atom is 0.295 e. The third kappa shape index (κ3) is 3.48. The smallest absolute Gasteiger partial charge is 0.295 e. The number of fused-ring (bicyclic) bond motifs is 4. The summed E-state index contributed by atoms with van der Waals surface area (Å²) >= 11 is 0. The van der Waals surface area contributed by atoms with E-state index in [9.17, 15) is 0 Å². The van der Waals surface area contributed by atoms with Crippen molar-refractivity contribution in [2.24, 2.45) is 0 Å². The Kier molecular flexibility index (Phi) is 4.80. The summed E-state index contributed by atoms with van der Waals surface area (Å²) in [6.45, 7) is 0.413. The van der Waals surface area contributed by atoms with Crippen molar-refractivity contribution in [1.29, 1.82) is 0 Å². The number of aliphatic hydroxyl groups excluding tert-OH is 1. The minimum Gasteiger partial charge on any atom is -0.442 e. The van der Waals surface area contributed by atoms with Crippen molar-refractivity contribution in [2.75, 3.05) is 37.9 Å². The number of hydrogen-bond donors (Lipinski definition) is 3. The van der Waals surface area contributed by atoms with E-state index in [1.807, 2.05) is 24.3 Å². The zero-order valence-corrected chi connectivity index (χ0v) is 17.1. The van der Waals surface area contributed by atoms with Crippen LogP contribution in [0.4, 0.5) is 17.5 Å². The number of likely N-dealkylation sites (N-methyl/N-ethyl adjacent to an activating group) is 1. The van der Waals surface area contributed by atoms with Gasteiger partial charge in [0.05, 0.1) is 6.61 Å². The molecule has 0 spiro atoms. The SMILES string of the molecule is CN(C)C1CCc2oc3nc(Nc4ccc5nc(NCCO)oc5c4)ccc3c2C1. The highest BCUT2D eigenvalue weighted by atomic mass is 16.4. The lowest BCUT2D eigenvalue weighted by Crippen LogP contribution is -2.33. The maximum absolute atomic E-state index is 8.92. The molecule has 0 saturated heterocycles. The van der Waals surface area contributed by atoms with Crippen molar-refractivity contribution in [3.63, 3.8) is 0 Å². The second-order valence-corrected chi connectivity index (χ2v) is 7.89. The summed E-state index contributed by atoms with van der Waals surface area (Å²) in [7, 11) is 4.27. The molecular formula is C22H25N5O3. The Labute approximate surface area is 173 Å². The van der Waals surface area contributed by atoms with E-state index in [1.54, 1.807) is 0 Å². The number of pyridine rings is 1. The predicted molar refractivity (Wildman–Crippen MR) is 116 cm³/mol. The van der Waals surface area contributed by atoms with E-state index in [2.05, 4.69) is 40.7 Å². The third-order valence-electron chi connectivity index (χ3n) is 5.67. The zero-order chi connectivity index (χ0) is 20.7. The van der Waals surface area contributed by atoms with E-state index < -0.39 is 0 Å². The van der Waals surface area contributed by atoms with Crippen molar-refractivity contribution in [3.8, 4) is 0 Å². The summed E-state index contributed by atoms with van der Waals surface area (Å²) in [5.74, 6) is 1.79. The molecule has 0 amide bonds. The number of oxazole rings is 1. The molecule has 3 heterocycles. The first-order valence-electron chi connectivity index (χ1n) is 10.2. The van der Waals surface area contributed by atoms with Crippen LogP contribution in [0, 0.1) is 0 Å². The number of benzene rings is 1. The lowest BCUT2D eigenvalue weighted by Gasteiger charge is -2.27.